The van der Waals surface area contributed by atoms with Gasteiger partial charge in [0.1, 0.15) is 5.75 Å². The lowest BCUT2D eigenvalue weighted by Crippen LogP contribution is -2.36. The summed E-state index contributed by atoms with van der Waals surface area (Å²) in [5.74, 6) is 0.815. The van der Waals surface area contributed by atoms with Crippen molar-refractivity contribution in [1.29, 1.82) is 0 Å². The molecule has 1 aromatic rings. The van der Waals surface area contributed by atoms with Crippen molar-refractivity contribution in [3.05, 3.63) is 28.2 Å². The summed E-state index contributed by atoms with van der Waals surface area (Å²) in [6.45, 7) is 4.30. The van der Waals surface area contributed by atoms with Crippen LogP contribution in [0.15, 0.2) is 22.7 Å². The van der Waals surface area contributed by atoms with Gasteiger partial charge in [-0.25, -0.2) is 0 Å². The van der Waals surface area contributed by atoms with E-state index < -0.39 is 0 Å². The fraction of sp³-hybridized carbons (Fsp3) is 0.571. The zero-order valence-corrected chi connectivity index (χ0v) is 13.3. The maximum Gasteiger partial charge on any atom is 0.123 e. The Morgan fingerprint density at radius 3 is 2.63 bits per heavy atom. The number of nitrogens with two attached hydrogens (primary N) is 1. The summed E-state index contributed by atoms with van der Waals surface area (Å²) in [6, 6.07) is 6.05. The average Bonchev–Trinajstić information content (AvgIpc) is 2.35. The molecule has 0 aliphatic rings. The van der Waals surface area contributed by atoms with E-state index in [9.17, 15) is 5.11 Å². The van der Waals surface area contributed by atoms with Crippen LogP contribution in [-0.4, -0.2) is 30.9 Å². The molecule has 0 aliphatic heterocycles. The zero-order valence-electron chi connectivity index (χ0n) is 11.7. The van der Waals surface area contributed by atoms with Crippen LogP contribution >= 0.6 is 15.9 Å². The second-order valence-electron chi connectivity index (χ2n) is 4.83. The highest BCUT2D eigenvalue weighted by atomic mass is 79.9. The summed E-state index contributed by atoms with van der Waals surface area (Å²) in [5.41, 5.74) is 6.89. The van der Waals surface area contributed by atoms with Gasteiger partial charge in [-0.3, -0.25) is 0 Å². The molecule has 0 heterocycles. The molecule has 1 rings (SSSR count). The predicted octanol–water partition coefficient (Wildman–Crippen LogP) is 2.21. The number of aliphatic hydroxyl groups excluding tert-OH is 1. The number of hydrogen-bond donors (Lipinski definition) is 3. The Labute approximate surface area is 123 Å². The van der Waals surface area contributed by atoms with E-state index in [1.165, 1.54) is 0 Å². The van der Waals surface area contributed by atoms with Crippen molar-refractivity contribution in [2.75, 3.05) is 13.7 Å². The molecule has 1 aromatic carbocycles. The minimum Gasteiger partial charge on any atom is -0.496 e. The topological polar surface area (TPSA) is 67.5 Å². The van der Waals surface area contributed by atoms with E-state index in [4.69, 9.17) is 10.5 Å². The van der Waals surface area contributed by atoms with E-state index in [2.05, 4.69) is 21.2 Å². The Balaban J connectivity index is 2.87. The third-order valence-electron chi connectivity index (χ3n) is 2.98. The number of methoxy groups -OCH3 is 1. The third kappa shape index (κ3) is 5.10. The van der Waals surface area contributed by atoms with E-state index in [1.54, 1.807) is 14.0 Å². The van der Waals surface area contributed by atoms with Crippen LogP contribution in [0.5, 0.6) is 5.75 Å². The minimum absolute atomic E-state index is 0.00111. The summed E-state index contributed by atoms with van der Waals surface area (Å²) in [5, 5.41) is 12.9. The Kier molecular flexibility index (Phi) is 6.79. The maximum absolute atomic E-state index is 9.42. The molecule has 0 bridgehead atoms. The van der Waals surface area contributed by atoms with Gasteiger partial charge in [0.2, 0.25) is 0 Å². The highest BCUT2D eigenvalue weighted by Gasteiger charge is 2.18. The zero-order chi connectivity index (χ0) is 14.4. The number of aliphatic hydroxyl groups is 1. The lowest BCUT2D eigenvalue weighted by molar-refractivity contribution is 0.168. The Bertz CT molecular complexity index is 399. The van der Waals surface area contributed by atoms with Crippen LogP contribution in [0.3, 0.4) is 0 Å². The highest BCUT2D eigenvalue weighted by molar-refractivity contribution is 9.10. The van der Waals surface area contributed by atoms with Crippen LogP contribution < -0.4 is 15.8 Å². The smallest absolute Gasteiger partial charge is 0.123 e. The molecular formula is C14H23BrN2O2. The van der Waals surface area contributed by atoms with Crippen molar-refractivity contribution in [3.63, 3.8) is 0 Å². The number of nitrogens with one attached hydrogen (secondary N) is 1. The standard InChI is InChI=1S/C14H23BrN2O2/c1-9(6-10(2)18)17-13(8-16)12-7-11(15)4-5-14(12)19-3/h4-5,7,9-10,13,17-18H,6,8,16H2,1-3H3. The summed E-state index contributed by atoms with van der Waals surface area (Å²) in [6.07, 6.45) is 0.359. The number of halogens is 1. The fourth-order valence-corrected chi connectivity index (χ4v) is 2.56. The minimum atomic E-state index is -0.328. The molecule has 0 aromatic heterocycles. The van der Waals surface area contributed by atoms with Crippen molar-refractivity contribution in [1.82, 2.24) is 5.32 Å². The van der Waals surface area contributed by atoms with Crippen molar-refractivity contribution < 1.29 is 9.84 Å². The molecule has 0 fully saturated rings. The van der Waals surface area contributed by atoms with E-state index in [1.807, 2.05) is 25.1 Å². The van der Waals surface area contributed by atoms with Gasteiger partial charge in [-0.15, -0.1) is 0 Å². The van der Waals surface area contributed by atoms with Crippen LogP contribution in [0.4, 0.5) is 0 Å². The summed E-state index contributed by atoms with van der Waals surface area (Å²) in [7, 11) is 1.65. The SMILES string of the molecule is COc1ccc(Br)cc1C(CN)NC(C)CC(C)O. The van der Waals surface area contributed by atoms with E-state index in [0.717, 1.165) is 15.8 Å². The molecule has 0 saturated heterocycles. The first kappa shape index (κ1) is 16.4. The Morgan fingerprint density at radius 1 is 1.42 bits per heavy atom. The quantitative estimate of drug-likeness (QED) is 0.717. The van der Waals surface area contributed by atoms with Gasteiger partial charge in [-0.1, -0.05) is 15.9 Å². The molecule has 0 amide bonds. The molecule has 0 saturated carbocycles. The van der Waals surface area contributed by atoms with Gasteiger partial charge >= 0.3 is 0 Å². The Morgan fingerprint density at radius 2 is 2.11 bits per heavy atom. The molecule has 4 N–H and O–H groups in total. The van der Waals surface area contributed by atoms with Crippen LogP contribution in [-0.2, 0) is 0 Å². The molecule has 4 nitrogen and oxygen atoms in total. The first-order valence-corrected chi connectivity index (χ1v) is 7.24. The first-order valence-electron chi connectivity index (χ1n) is 6.45. The maximum atomic E-state index is 9.42. The lowest BCUT2D eigenvalue weighted by atomic mass is 10.0. The lowest BCUT2D eigenvalue weighted by Gasteiger charge is -2.25. The van der Waals surface area contributed by atoms with Crippen LogP contribution in [0.2, 0.25) is 0 Å². The molecule has 19 heavy (non-hydrogen) atoms. The number of ether oxygens (including phenoxy) is 1. The van der Waals surface area contributed by atoms with Gasteiger partial charge in [0.15, 0.2) is 0 Å². The summed E-state index contributed by atoms with van der Waals surface area (Å²) in [4.78, 5) is 0. The van der Waals surface area contributed by atoms with E-state index in [-0.39, 0.29) is 18.2 Å². The van der Waals surface area contributed by atoms with Crippen molar-refractivity contribution in [2.45, 2.75) is 38.5 Å². The van der Waals surface area contributed by atoms with Gasteiger partial charge in [-0.2, -0.15) is 0 Å². The summed E-state index contributed by atoms with van der Waals surface area (Å²) >= 11 is 3.47. The van der Waals surface area contributed by atoms with Gasteiger partial charge in [0, 0.05) is 28.7 Å². The van der Waals surface area contributed by atoms with Gasteiger partial charge in [-0.05, 0) is 38.5 Å². The van der Waals surface area contributed by atoms with Gasteiger partial charge in [0.05, 0.1) is 13.2 Å². The monoisotopic (exact) mass is 330 g/mol. The van der Waals surface area contributed by atoms with Crippen LogP contribution in [0.1, 0.15) is 31.9 Å². The van der Waals surface area contributed by atoms with E-state index >= 15 is 0 Å². The van der Waals surface area contributed by atoms with Crippen molar-refractivity contribution >= 4 is 15.9 Å². The van der Waals surface area contributed by atoms with E-state index in [0.29, 0.717) is 13.0 Å². The normalized spacial score (nSPS) is 15.9. The second kappa shape index (κ2) is 7.85. The predicted molar refractivity (Wildman–Crippen MR) is 81.4 cm³/mol. The first-order chi connectivity index (χ1) is 8.97. The molecule has 5 heteroatoms. The largest absolute Gasteiger partial charge is 0.496 e. The number of rotatable bonds is 7. The average molecular weight is 331 g/mol. The highest BCUT2D eigenvalue weighted by Crippen LogP contribution is 2.28. The molecule has 108 valence electrons. The molecular weight excluding hydrogens is 308 g/mol. The third-order valence-corrected chi connectivity index (χ3v) is 3.48. The van der Waals surface area contributed by atoms with Gasteiger partial charge < -0.3 is 20.9 Å². The van der Waals surface area contributed by atoms with Crippen molar-refractivity contribution in [2.24, 2.45) is 5.73 Å². The fourth-order valence-electron chi connectivity index (χ4n) is 2.19. The Hall–Kier alpha value is -0.620. The second-order valence-corrected chi connectivity index (χ2v) is 5.74. The molecule has 3 atom stereocenters. The molecule has 0 aliphatic carbocycles. The van der Waals surface area contributed by atoms with Crippen molar-refractivity contribution in [3.8, 4) is 5.75 Å². The van der Waals surface area contributed by atoms with Crippen LogP contribution in [0, 0.1) is 0 Å². The number of hydrogen-bond acceptors (Lipinski definition) is 4. The van der Waals surface area contributed by atoms with Gasteiger partial charge in [0.25, 0.3) is 0 Å². The molecule has 3 unspecified atom stereocenters. The van der Waals surface area contributed by atoms with Crippen LogP contribution in [0.25, 0.3) is 0 Å². The number of benzene rings is 1. The summed E-state index contributed by atoms with van der Waals surface area (Å²) < 4.78 is 6.37. The molecule has 0 spiro atoms. The molecule has 0 radical (unpaired) electrons.